The van der Waals surface area contributed by atoms with Crippen LogP contribution in [0.1, 0.15) is 10.4 Å². The predicted molar refractivity (Wildman–Crippen MR) is 124 cm³/mol. The summed E-state index contributed by atoms with van der Waals surface area (Å²) in [6, 6.07) is 33.1. The van der Waals surface area contributed by atoms with E-state index in [9.17, 15) is 9.59 Å². The molecule has 0 saturated heterocycles. The third-order valence-electron chi connectivity index (χ3n) is 4.67. The minimum Gasteiger partial charge on any atom is -0.457 e. The van der Waals surface area contributed by atoms with Crippen LogP contribution in [0.2, 0.25) is 0 Å². The van der Waals surface area contributed by atoms with E-state index < -0.39 is 18.5 Å². The summed E-state index contributed by atoms with van der Waals surface area (Å²) in [4.78, 5) is 24.9. The van der Waals surface area contributed by atoms with E-state index in [1.807, 2.05) is 84.9 Å². The van der Waals surface area contributed by atoms with E-state index in [0.29, 0.717) is 22.7 Å². The van der Waals surface area contributed by atoms with Gasteiger partial charge in [-0.05, 0) is 42.0 Å². The number of benzene rings is 4. The quantitative estimate of drug-likeness (QED) is 0.374. The summed E-state index contributed by atoms with van der Waals surface area (Å²) >= 11 is 0. The number of amides is 1. The van der Waals surface area contributed by atoms with Crippen molar-refractivity contribution in [1.29, 1.82) is 0 Å². The minimum atomic E-state index is -0.602. The number of carbonyl (C=O) groups excluding carboxylic acids is 2. The summed E-state index contributed by atoms with van der Waals surface area (Å²) in [6.07, 6.45) is 0. The summed E-state index contributed by atoms with van der Waals surface area (Å²) in [7, 11) is 0. The zero-order valence-corrected chi connectivity index (χ0v) is 17.2. The number of ether oxygens (including phenoxy) is 2. The highest BCUT2D eigenvalue weighted by Crippen LogP contribution is 2.27. The molecule has 0 aromatic heterocycles. The second-order valence-electron chi connectivity index (χ2n) is 6.98. The SMILES string of the molecule is O=C(COC(=O)c1cccc(Oc2ccccc2)c1)Nc1ccccc1-c1ccccc1. The second-order valence-corrected chi connectivity index (χ2v) is 6.98. The van der Waals surface area contributed by atoms with Gasteiger partial charge < -0.3 is 14.8 Å². The lowest BCUT2D eigenvalue weighted by atomic mass is 10.0. The van der Waals surface area contributed by atoms with Crippen molar-refractivity contribution in [2.24, 2.45) is 0 Å². The van der Waals surface area contributed by atoms with Crippen LogP contribution < -0.4 is 10.1 Å². The van der Waals surface area contributed by atoms with E-state index in [1.54, 1.807) is 24.3 Å². The maximum atomic E-state index is 12.4. The maximum Gasteiger partial charge on any atom is 0.338 e. The van der Waals surface area contributed by atoms with Crippen LogP contribution >= 0.6 is 0 Å². The van der Waals surface area contributed by atoms with Gasteiger partial charge in [0, 0.05) is 11.3 Å². The molecule has 0 aliphatic carbocycles. The second kappa shape index (κ2) is 10.1. The molecule has 0 aliphatic heterocycles. The zero-order valence-electron chi connectivity index (χ0n) is 17.2. The van der Waals surface area contributed by atoms with Crippen LogP contribution in [0.4, 0.5) is 5.69 Å². The lowest BCUT2D eigenvalue weighted by molar-refractivity contribution is -0.119. The largest absolute Gasteiger partial charge is 0.457 e. The van der Waals surface area contributed by atoms with Crippen molar-refractivity contribution in [2.45, 2.75) is 0 Å². The summed E-state index contributed by atoms with van der Waals surface area (Å²) in [5.74, 6) is 0.148. The van der Waals surface area contributed by atoms with Gasteiger partial charge in [-0.3, -0.25) is 4.79 Å². The summed E-state index contributed by atoms with van der Waals surface area (Å²) in [6.45, 7) is -0.397. The fraction of sp³-hybridized carbons (Fsp3) is 0.0370. The monoisotopic (exact) mass is 423 g/mol. The maximum absolute atomic E-state index is 12.4. The van der Waals surface area contributed by atoms with Crippen LogP contribution in [0.15, 0.2) is 109 Å². The lowest BCUT2D eigenvalue weighted by Gasteiger charge is -2.12. The van der Waals surface area contributed by atoms with Crippen LogP contribution in [0.25, 0.3) is 11.1 Å². The Bertz CT molecular complexity index is 1210. The van der Waals surface area contributed by atoms with E-state index in [2.05, 4.69) is 5.32 Å². The Kier molecular flexibility index (Phi) is 6.58. The molecular formula is C27H21NO4. The standard InChI is InChI=1S/C27H21NO4/c29-26(28-25-17-8-7-16-24(25)20-10-3-1-4-11-20)19-31-27(30)21-12-9-15-23(18-21)32-22-13-5-2-6-14-22/h1-18H,19H2,(H,28,29). The fourth-order valence-electron chi connectivity index (χ4n) is 3.17. The Morgan fingerprint density at radius 2 is 1.34 bits per heavy atom. The van der Waals surface area contributed by atoms with Gasteiger partial charge in [-0.15, -0.1) is 0 Å². The number of esters is 1. The number of anilines is 1. The van der Waals surface area contributed by atoms with E-state index in [1.165, 1.54) is 0 Å². The number of hydrogen-bond acceptors (Lipinski definition) is 4. The Hall–Kier alpha value is -4.38. The van der Waals surface area contributed by atoms with Crippen LogP contribution in [0.5, 0.6) is 11.5 Å². The van der Waals surface area contributed by atoms with Crippen molar-refractivity contribution in [3.05, 3.63) is 115 Å². The fourth-order valence-corrected chi connectivity index (χ4v) is 3.17. The van der Waals surface area contributed by atoms with Crippen LogP contribution in [-0.2, 0) is 9.53 Å². The first kappa shape index (κ1) is 20.9. The Labute approximate surface area is 186 Å². The Morgan fingerprint density at radius 1 is 0.688 bits per heavy atom. The number of para-hydroxylation sites is 2. The smallest absolute Gasteiger partial charge is 0.338 e. The first-order valence-electron chi connectivity index (χ1n) is 10.1. The van der Waals surface area contributed by atoms with Crippen molar-refractivity contribution in [2.75, 3.05) is 11.9 Å². The van der Waals surface area contributed by atoms with E-state index in [4.69, 9.17) is 9.47 Å². The van der Waals surface area contributed by atoms with Crippen LogP contribution in [0.3, 0.4) is 0 Å². The molecule has 5 heteroatoms. The van der Waals surface area contributed by atoms with Crippen molar-refractivity contribution >= 4 is 17.6 Å². The van der Waals surface area contributed by atoms with Gasteiger partial charge in [0.05, 0.1) is 5.56 Å². The molecule has 0 spiro atoms. The van der Waals surface area contributed by atoms with Crippen LogP contribution in [-0.4, -0.2) is 18.5 Å². The summed E-state index contributed by atoms with van der Waals surface area (Å²) in [5, 5.41) is 2.82. The van der Waals surface area contributed by atoms with E-state index in [0.717, 1.165) is 11.1 Å². The highest BCUT2D eigenvalue weighted by Gasteiger charge is 2.13. The normalized spacial score (nSPS) is 10.2. The van der Waals surface area contributed by atoms with Gasteiger partial charge in [0.1, 0.15) is 11.5 Å². The highest BCUT2D eigenvalue weighted by molar-refractivity contribution is 5.98. The molecule has 0 heterocycles. The molecular weight excluding hydrogens is 402 g/mol. The average Bonchev–Trinajstić information content (AvgIpc) is 2.84. The molecule has 1 amide bonds. The first-order chi connectivity index (χ1) is 15.7. The molecule has 1 N–H and O–H groups in total. The van der Waals surface area contributed by atoms with E-state index in [-0.39, 0.29) is 0 Å². The predicted octanol–water partition coefficient (Wildman–Crippen LogP) is 5.94. The zero-order chi connectivity index (χ0) is 22.2. The number of rotatable bonds is 7. The summed E-state index contributed by atoms with van der Waals surface area (Å²) < 4.78 is 10.9. The van der Waals surface area contributed by atoms with Crippen molar-refractivity contribution in [3.8, 4) is 22.6 Å². The molecule has 0 bridgehead atoms. The van der Waals surface area contributed by atoms with Gasteiger partial charge >= 0.3 is 5.97 Å². The number of hydrogen-bond donors (Lipinski definition) is 1. The highest BCUT2D eigenvalue weighted by atomic mass is 16.5. The number of nitrogens with one attached hydrogen (secondary N) is 1. The molecule has 32 heavy (non-hydrogen) atoms. The van der Waals surface area contributed by atoms with Gasteiger partial charge in [-0.2, -0.15) is 0 Å². The van der Waals surface area contributed by atoms with E-state index >= 15 is 0 Å². The third-order valence-corrected chi connectivity index (χ3v) is 4.67. The number of carbonyl (C=O) groups is 2. The molecule has 158 valence electrons. The molecule has 0 radical (unpaired) electrons. The third kappa shape index (κ3) is 5.40. The summed E-state index contributed by atoms with van der Waals surface area (Å²) in [5.41, 5.74) is 2.82. The molecule has 0 fully saturated rings. The van der Waals surface area contributed by atoms with Crippen LogP contribution in [0, 0.1) is 0 Å². The van der Waals surface area contributed by atoms with Gasteiger partial charge in [0.15, 0.2) is 6.61 Å². The Balaban J connectivity index is 1.37. The molecule has 4 rings (SSSR count). The molecule has 4 aromatic rings. The molecule has 0 saturated carbocycles. The van der Waals surface area contributed by atoms with Gasteiger partial charge in [-0.25, -0.2) is 4.79 Å². The van der Waals surface area contributed by atoms with Crippen molar-refractivity contribution < 1.29 is 19.1 Å². The molecule has 4 aromatic carbocycles. The topological polar surface area (TPSA) is 64.6 Å². The molecule has 5 nitrogen and oxygen atoms in total. The van der Waals surface area contributed by atoms with Crippen molar-refractivity contribution in [1.82, 2.24) is 0 Å². The molecule has 0 unspecified atom stereocenters. The lowest BCUT2D eigenvalue weighted by Crippen LogP contribution is -2.21. The molecule has 0 atom stereocenters. The Morgan fingerprint density at radius 3 is 2.12 bits per heavy atom. The first-order valence-corrected chi connectivity index (χ1v) is 10.1. The van der Waals surface area contributed by atoms with Gasteiger partial charge in [0.25, 0.3) is 5.91 Å². The van der Waals surface area contributed by atoms with Gasteiger partial charge in [0.2, 0.25) is 0 Å². The van der Waals surface area contributed by atoms with Gasteiger partial charge in [-0.1, -0.05) is 72.8 Å². The average molecular weight is 423 g/mol. The molecule has 0 aliphatic rings. The van der Waals surface area contributed by atoms with Crippen molar-refractivity contribution in [3.63, 3.8) is 0 Å². The minimum absolute atomic E-state index is 0.302.